The van der Waals surface area contributed by atoms with Crippen molar-refractivity contribution in [1.29, 1.82) is 0 Å². The Labute approximate surface area is 138 Å². The van der Waals surface area contributed by atoms with E-state index in [4.69, 9.17) is 0 Å². The molecular formula is C20H28O3. The molecule has 5 aliphatic rings. The minimum Gasteiger partial charge on any atom is -0.385 e. The lowest BCUT2D eigenvalue weighted by atomic mass is 9.37. The van der Waals surface area contributed by atoms with Crippen LogP contribution in [0.1, 0.15) is 59.8 Å². The van der Waals surface area contributed by atoms with Gasteiger partial charge in [-0.3, -0.25) is 9.59 Å². The zero-order valence-electron chi connectivity index (χ0n) is 14.7. The minimum absolute atomic E-state index is 0.00862. The van der Waals surface area contributed by atoms with Gasteiger partial charge in [-0.25, -0.2) is 0 Å². The van der Waals surface area contributed by atoms with Crippen molar-refractivity contribution in [3.05, 3.63) is 11.6 Å². The van der Waals surface area contributed by atoms with Gasteiger partial charge >= 0.3 is 0 Å². The zero-order valence-corrected chi connectivity index (χ0v) is 14.7. The van der Waals surface area contributed by atoms with Gasteiger partial charge in [-0.15, -0.1) is 0 Å². The molecule has 0 aromatic heterocycles. The highest BCUT2D eigenvalue weighted by Crippen LogP contribution is 2.69. The molecule has 0 amide bonds. The lowest BCUT2D eigenvalue weighted by Crippen LogP contribution is -2.65. The fourth-order valence-corrected chi connectivity index (χ4v) is 6.96. The molecule has 0 aliphatic heterocycles. The van der Waals surface area contributed by atoms with Crippen LogP contribution in [0.4, 0.5) is 0 Å². The Morgan fingerprint density at radius 3 is 2.52 bits per heavy atom. The van der Waals surface area contributed by atoms with Crippen molar-refractivity contribution >= 4 is 11.6 Å². The third-order valence-corrected chi connectivity index (χ3v) is 8.21. The summed E-state index contributed by atoms with van der Waals surface area (Å²) in [5.41, 5.74) is 0.466. The summed E-state index contributed by atoms with van der Waals surface area (Å²) in [6.07, 6.45) is 5.55. The smallest absolute Gasteiger partial charge is 0.172 e. The molecule has 23 heavy (non-hydrogen) atoms. The molecule has 1 N–H and O–H groups in total. The first-order valence-corrected chi connectivity index (χ1v) is 9.09. The number of carbonyl (C=O) groups is 2. The van der Waals surface area contributed by atoms with Crippen molar-refractivity contribution in [2.75, 3.05) is 0 Å². The van der Waals surface area contributed by atoms with Crippen molar-refractivity contribution in [3.63, 3.8) is 0 Å². The van der Waals surface area contributed by atoms with E-state index in [1.807, 2.05) is 0 Å². The molecule has 3 heteroatoms. The largest absolute Gasteiger partial charge is 0.385 e. The highest BCUT2D eigenvalue weighted by Gasteiger charge is 2.67. The van der Waals surface area contributed by atoms with Crippen molar-refractivity contribution < 1.29 is 14.7 Å². The van der Waals surface area contributed by atoms with Crippen molar-refractivity contribution in [3.8, 4) is 0 Å². The Hall–Kier alpha value is -0.960. The van der Waals surface area contributed by atoms with Crippen LogP contribution >= 0.6 is 0 Å². The van der Waals surface area contributed by atoms with Crippen molar-refractivity contribution in [2.45, 2.75) is 65.9 Å². The van der Waals surface area contributed by atoms with Crippen LogP contribution in [0.3, 0.4) is 0 Å². The highest BCUT2D eigenvalue weighted by atomic mass is 16.3. The maximum atomic E-state index is 13.0. The first kappa shape index (κ1) is 15.6. The molecule has 3 saturated carbocycles. The van der Waals surface area contributed by atoms with Gasteiger partial charge in [0.2, 0.25) is 0 Å². The molecule has 1 unspecified atom stereocenters. The summed E-state index contributed by atoms with van der Waals surface area (Å²) in [7, 11) is 0. The lowest BCUT2D eigenvalue weighted by Gasteiger charge is -2.65. The van der Waals surface area contributed by atoms with E-state index in [-0.39, 0.29) is 28.4 Å². The first-order valence-electron chi connectivity index (χ1n) is 9.09. The number of ketones is 2. The fraction of sp³-hybridized carbons (Fsp3) is 0.800. The molecule has 0 aromatic carbocycles. The van der Waals surface area contributed by atoms with Crippen molar-refractivity contribution in [2.24, 2.45) is 34.0 Å². The van der Waals surface area contributed by atoms with Gasteiger partial charge in [0.15, 0.2) is 5.78 Å². The average molecular weight is 316 g/mol. The van der Waals surface area contributed by atoms with Gasteiger partial charge in [0, 0.05) is 17.8 Å². The van der Waals surface area contributed by atoms with Gasteiger partial charge in [0.05, 0.1) is 5.41 Å². The third kappa shape index (κ3) is 1.65. The van der Waals surface area contributed by atoms with E-state index >= 15 is 0 Å². The molecule has 3 nitrogen and oxygen atoms in total. The van der Waals surface area contributed by atoms with Crippen LogP contribution in [0.15, 0.2) is 11.6 Å². The second kappa shape index (κ2) is 4.36. The number of Topliss-reactive ketones (excluding diaryl/α,β-unsaturated/α-hetero) is 2. The van der Waals surface area contributed by atoms with E-state index in [2.05, 4.69) is 33.8 Å². The quantitative estimate of drug-likeness (QED) is 0.698. The van der Waals surface area contributed by atoms with Crippen LogP contribution in [-0.4, -0.2) is 22.8 Å². The molecule has 5 rings (SSSR count). The van der Waals surface area contributed by atoms with Crippen LogP contribution in [0.5, 0.6) is 0 Å². The van der Waals surface area contributed by atoms with Gasteiger partial charge in [-0.1, -0.05) is 32.4 Å². The van der Waals surface area contributed by atoms with Crippen LogP contribution < -0.4 is 0 Å². The molecule has 5 aliphatic carbocycles. The predicted octanol–water partition coefficient (Wildman–Crippen LogP) is 3.30. The zero-order chi connectivity index (χ0) is 16.8. The number of hydrogen-bond acceptors (Lipinski definition) is 3. The molecule has 6 atom stereocenters. The predicted molar refractivity (Wildman–Crippen MR) is 87.7 cm³/mol. The molecule has 0 radical (unpaired) electrons. The maximum Gasteiger partial charge on any atom is 0.172 e. The summed E-state index contributed by atoms with van der Waals surface area (Å²) in [5.74, 6) is 1.06. The van der Waals surface area contributed by atoms with E-state index < -0.39 is 11.5 Å². The minimum atomic E-state index is -0.811. The number of carbonyl (C=O) groups excluding carboxylic acids is 2. The van der Waals surface area contributed by atoms with E-state index in [1.54, 1.807) is 0 Å². The van der Waals surface area contributed by atoms with E-state index in [0.717, 1.165) is 25.7 Å². The van der Waals surface area contributed by atoms with Gasteiger partial charge in [0.25, 0.3) is 0 Å². The molecule has 0 saturated heterocycles. The number of rotatable bonds is 0. The Balaban J connectivity index is 1.84. The van der Waals surface area contributed by atoms with Gasteiger partial charge in [-0.2, -0.15) is 0 Å². The highest BCUT2D eigenvalue weighted by molar-refractivity contribution is 5.94. The van der Waals surface area contributed by atoms with Gasteiger partial charge in [-0.05, 0) is 49.9 Å². The standard InChI is InChI=1S/C20H28O3/c1-11-10-20-8-5-13-18(2,3)15(21)6-7-19(13,4)14(20)9-12(11)16(22)17(20)23/h10,12-14,16,22H,5-9H2,1-4H3/t12-,13+,14-,16?,19+,20-/m1/s1. The average Bonchev–Trinajstić information content (AvgIpc) is 2.48. The topological polar surface area (TPSA) is 54.4 Å². The number of hydrogen-bond donors (Lipinski definition) is 1. The molecule has 3 fully saturated rings. The number of allylic oxidation sites excluding steroid dienone is 1. The van der Waals surface area contributed by atoms with Gasteiger partial charge in [0.1, 0.15) is 11.9 Å². The summed E-state index contributed by atoms with van der Waals surface area (Å²) in [6.45, 7) is 8.60. The summed E-state index contributed by atoms with van der Waals surface area (Å²) in [5, 5.41) is 10.5. The van der Waals surface area contributed by atoms with Crippen LogP contribution in [0.25, 0.3) is 0 Å². The third-order valence-electron chi connectivity index (χ3n) is 8.21. The Morgan fingerprint density at radius 2 is 1.83 bits per heavy atom. The lowest BCUT2D eigenvalue weighted by molar-refractivity contribution is -0.182. The molecule has 126 valence electrons. The number of aliphatic hydroxyl groups is 1. The van der Waals surface area contributed by atoms with E-state index in [9.17, 15) is 14.7 Å². The van der Waals surface area contributed by atoms with Gasteiger partial charge < -0.3 is 5.11 Å². The fourth-order valence-electron chi connectivity index (χ4n) is 6.96. The summed E-state index contributed by atoms with van der Waals surface area (Å²) in [4.78, 5) is 25.5. The summed E-state index contributed by atoms with van der Waals surface area (Å²) in [6, 6.07) is 0. The van der Waals surface area contributed by atoms with Crippen molar-refractivity contribution in [1.82, 2.24) is 0 Å². The maximum absolute atomic E-state index is 13.0. The molecule has 0 heterocycles. The van der Waals surface area contributed by atoms with E-state index in [1.165, 1.54) is 5.57 Å². The summed E-state index contributed by atoms with van der Waals surface area (Å²) < 4.78 is 0. The van der Waals surface area contributed by atoms with Crippen LogP contribution in [-0.2, 0) is 9.59 Å². The molecular weight excluding hydrogens is 288 g/mol. The second-order valence-electron chi connectivity index (χ2n) is 9.37. The first-order chi connectivity index (χ1) is 10.6. The molecule has 2 bridgehead atoms. The Kier molecular flexibility index (Phi) is 2.95. The monoisotopic (exact) mass is 316 g/mol. The summed E-state index contributed by atoms with van der Waals surface area (Å²) >= 11 is 0. The number of aliphatic hydroxyl groups excluding tert-OH is 1. The molecule has 1 spiro atoms. The second-order valence-corrected chi connectivity index (χ2v) is 9.37. The normalized spacial score (nSPS) is 51.1. The van der Waals surface area contributed by atoms with E-state index in [0.29, 0.717) is 18.1 Å². The van der Waals surface area contributed by atoms with Crippen LogP contribution in [0, 0.1) is 34.0 Å². The molecule has 0 aromatic rings. The Bertz CT molecular complexity index is 631. The Morgan fingerprint density at radius 1 is 1.13 bits per heavy atom. The number of fused-ring (bicyclic) bond motifs is 2. The SMILES string of the molecule is CC1=C[C@]23CC[C@H]4C(C)(C)C(=O)CC[C@]4(C)[C@H]2C[C@H]1C(O)C3=O. The van der Waals surface area contributed by atoms with Crippen LogP contribution in [0.2, 0.25) is 0 Å².